The topological polar surface area (TPSA) is 91.3 Å². The number of likely N-dealkylation sites (N-methyl/N-ethyl adjacent to an activating group) is 1. The quantitative estimate of drug-likeness (QED) is 0.562. The van der Waals surface area contributed by atoms with Crippen molar-refractivity contribution in [2.45, 2.75) is 38.4 Å². The number of hydrogen-bond acceptors (Lipinski definition) is 7. The molecule has 1 saturated heterocycles. The number of unbranched alkanes of at least 4 members (excludes halogenated alkanes) is 2. The fraction of sp³-hybridized carbons (Fsp3) is 0.714. The van der Waals surface area contributed by atoms with Crippen LogP contribution in [0.15, 0.2) is 4.99 Å². The van der Waals surface area contributed by atoms with Crippen LogP contribution < -0.4 is 5.32 Å². The van der Waals surface area contributed by atoms with Gasteiger partial charge in [-0.15, -0.1) is 0 Å². The van der Waals surface area contributed by atoms with E-state index in [-0.39, 0.29) is 17.6 Å². The molecule has 8 nitrogen and oxygen atoms in total. The molecule has 1 N–H and O–H groups in total. The highest BCUT2D eigenvalue weighted by atomic mass is 32.2. The highest BCUT2D eigenvalue weighted by molar-refractivity contribution is 8.14. The van der Waals surface area contributed by atoms with Crippen molar-refractivity contribution in [2.75, 3.05) is 26.5 Å². The van der Waals surface area contributed by atoms with Crippen LogP contribution in [0.4, 0.5) is 4.79 Å². The number of thioether (sulfide) groups is 1. The highest BCUT2D eigenvalue weighted by Crippen LogP contribution is 2.28. The van der Waals surface area contributed by atoms with E-state index in [4.69, 9.17) is 0 Å². The van der Waals surface area contributed by atoms with Gasteiger partial charge in [0, 0.05) is 13.6 Å². The summed E-state index contributed by atoms with van der Waals surface area (Å²) >= 11 is 1.24. The lowest BCUT2D eigenvalue weighted by molar-refractivity contribution is -0.137. The third kappa shape index (κ3) is 3.77. The Kier molecular flexibility index (Phi) is 5.86. The first kappa shape index (κ1) is 17.6. The van der Waals surface area contributed by atoms with E-state index in [1.54, 1.807) is 7.05 Å². The van der Waals surface area contributed by atoms with Gasteiger partial charge in [0.2, 0.25) is 0 Å². The highest BCUT2D eigenvalue weighted by Gasteiger charge is 2.48. The van der Waals surface area contributed by atoms with Gasteiger partial charge in [0.05, 0.1) is 12.9 Å². The van der Waals surface area contributed by atoms with Crippen LogP contribution in [0.5, 0.6) is 0 Å². The number of amides is 3. The normalized spacial score (nSPS) is 23.5. The smallest absolute Gasteiger partial charge is 0.325 e. The monoisotopic (exact) mass is 342 g/mol. The number of carbonyl (C=O) groups excluding carboxylic acids is 3. The molecule has 0 aromatic heterocycles. The first-order valence-corrected chi connectivity index (χ1v) is 8.59. The fourth-order valence-corrected chi connectivity index (χ4v) is 3.49. The predicted octanol–water partition coefficient (Wildman–Crippen LogP) is 0.631. The largest absolute Gasteiger partial charge is 0.468 e. The molecule has 1 fully saturated rings. The molecule has 0 aromatic carbocycles. The van der Waals surface area contributed by atoms with Gasteiger partial charge in [-0.05, 0) is 6.42 Å². The first-order chi connectivity index (χ1) is 11.0. The maximum Gasteiger partial charge on any atom is 0.325 e. The van der Waals surface area contributed by atoms with Crippen molar-refractivity contribution >= 4 is 34.8 Å². The maximum absolute atomic E-state index is 12.2. The van der Waals surface area contributed by atoms with E-state index < -0.39 is 18.2 Å². The van der Waals surface area contributed by atoms with Gasteiger partial charge in [0.25, 0.3) is 5.91 Å². The van der Waals surface area contributed by atoms with Crippen LogP contribution in [-0.2, 0) is 14.3 Å². The Labute approximate surface area is 139 Å². The summed E-state index contributed by atoms with van der Waals surface area (Å²) in [5.74, 6) is -0.569. The van der Waals surface area contributed by atoms with Crippen LogP contribution in [0.1, 0.15) is 26.2 Å². The Balaban J connectivity index is 2.16. The molecule has 0 bridgehead atoms. The second-order valence-electron chi connectivity index (χ2n) is 5.44. The summed E-state index contributed by atoms with van der Waals surface area (Å²) in [6.45, 7) is 2.77. The Morgan fingerprint density at radius 3 is 2.78 bits per heavy atom. The van der Waals surface area contributed by atoms with Gasteiger partial charge in [0.15, 0.2) is 17.4 Å². The van der Waals surface area contributed by atoms with Crippen molar-refractivity contribution in [3.05, 3.63) is 0 Å². The number of esters is 1. The van der Waals surface area contributed by atoms with Crippen molar-refractivity contribution in [3.63, 3.8) is 0 Å². The summed E-state index contributed by atoms with van der Waals surface area (Å²) in [6.07, 6.45) is 2.48. The number of nitrogens with one attached hydrogen (secondary N) is 1. The van der Waals surface area contributed by atoms with E-state index in [1.807, 2.05) is 4.90 Å². The van der Waals surface area contributed by atoms with Crippen LogP contribution in [0.3, 0.4) is 0 Å². The number of methoxy groups -OCH3 is 1. The van der Waals surface area contributed by atoms with E-state index in [1.165, 1.54) is 23.8 Å². The molecule has 2 unspecified atom stereocenters. The summed E-state index contributed by atoms with van der Waals surface area (Å²) in [4.78, 5) is 43.2. The number of imide groups is 1. The van der Waals surface area contributed by atoms with Crippen molar-refractivity contribution in [1.29, 1.82) is 0 Å². The molecule has 0 aliphatic carbocycles. The molecule has 2 heterocycles. The molecule has 2 atom stereocenters. The van der Waals surface area contributed by atoms with Crippen molar-refractivity contribution in [1.82, 2.24) is 15.1 Å². The lowest BCUT2D eigenvalue weighted by atomic mass is 10.1. The van der Waals surface area contributed by atoms with Gasteiger partial charge in [-0.3, -0.25) is 14.9 Å². The molecule has 128 valence electrons. The van der Waals surface area contributed by atoms with Crippen LogP contribution in [0.25, 0.3) is 0 Å². The minimum absolute atomic E-state index is 0.123. The van der Waals surface area contributed by atoms with Crippen LogP contribution in [0.2, 0.25) is 0 Å². The summed E-state index contributed by atoms with van der Waals surface area (Å²) in [5.41, 5.74) is 0. The number of hydrogen-bond donors (Lipinski definition) is 1. The van der Waals surface area contributed by atoms with E-state index in [9.17, 15) is 14.4 Å². The van der Waals surface area contributed by atoms with Crippen molar-refractivity contribution < 1.29 is 19.1 Å². The van der Waals surface area contributed by atoms with Crippen LogP contribution in [-0.4, -0.2) is 71.5 Å². The van der Waals surface area contributed by atoms with Gasteiger partial charge in [-0.2, -0.15) is 0 Å². The molecular formula is C14H22N4O4S. The van der Waals surface area contributed by atoms with Gasteiger partial charge in [0.1, 0.15) is 0 Å². The number of urea groups is 1. The third-order valence-corrected chi connectivity index (χ3v) is 4.85. The van der Waals surface area contributed by atoms with Gasteiger partial charge < -0.3 is 14.5 Å². The van der Waals surface area contributed by atoms with E-state index >= 15 is 0 Å². The zero-order valence-corrected chi connectivity index (χ0v) is 14.4. The minimum atomic E-state index is -0.543. The summed E-state index contributed by atoms with van der Waals surface area (Å²) in [6, 6.07) is -0.984. The summed E-state index contributed by atoms with van der Waals surface area (Å²) in [5, 5.41) is 2.96. The number of nitrogens with zero attached hydrogens (tertiary/aromatic N) is 3. The second-order valence-corrected chi connectivity index (χ2v) is 6.38. The lowest BCUT2D eigenvalue weighted by Gasteiger charge is -2.36. The summed E-state index contributed by atoms with van der Waals surface area (Å²) < 4.78 is 4.64. The number of ether oxygens (including phenoxy) is 1. The molecule has 2 aliphatic heterocycles. The van der Waals surface area contributed by atoms with Crippen LogP contribution >= 0.6 is 11.8 Å². The van der Waals surface area contributed by atoms with Crippen molar-refractivity contribution in [3.8, 4) is 0 Å². The molecule has 23 heavy (non-hydrogen) atoms. The second kappa shape index (κ2) is 7.67. The number of rotatable bonds is 6. The molecule has 9 heteroatoms. The fourth-order valence-electron chi connectivity index (χ4n) is 2.57. The van der Waals surface area contributed by atoms with Gasteiger partial charge in [-0.1, -0.05) is 31.5 Å². The van der Waals surface area contributed by atoms with Gasteiger partial charge >= 0.3 is 12.0 Å². The minimum Gasteiger partial charge on any atom is -0.468 e. The summed E-state index contributed by atoms with van der Waals surface area (Å²) in [7, 11) is 2.94. The molecule has 2 aliphatic rings. The lowest BCUT2D eigenvalue weighted by Crippen LogP contribution is -2.63. The molecule has 0 saturated carbocycles. The molecular weight excluding hydrogens is 320 g/mol. The van der Waals surface area contributed by atoms with E-state index in [2.05, 4.69) is 22.0 Å². The SMILES string of the molecule is CCCCCN1C(SCC(=O)OC)=NC2C1C(=O)NC(=O)N2C. The number of fused-ring (bicyclic) bond motifs is 1. The Hall–Kier alpha value is -1.77. The number of aliphatic imine (C=N–C) groups is 1. The predicted molar refractivity (Wildman–Crippen MR) is 87.0 cm³/mol. The average Bonchev–Trinajstić information content (AvgIpc) is 2.90. The van der Waals surface area contributed by atoms with E-state index in [0.29, 0.717) is 11.7 Å². The molecule has 0 aromatic rings. The average molecular weight is 342 g/mol. The Morgan fingerprint density at radius 1 is 1.39 bits per heavy atom. The zero-order valence-electron chi connectivity index (χ0n) is 13.6. The molecule has 0 spiro atoms. The molecule has 2 rings (SSSR count). The maximum atomic E-state index is 12.2. The Bertz CT molecular complexity index is 525. The molecule has 0 radical (unpaired) electrons. The number of carbonyl (C=O) groups is 3. The van der Waals surface area contributed by atoms with E-state index in [0.717, 1.165) is 19.3 Å². The van der Waals surface area contributed by atoms with Crippen LogP contribution in [0, 0.1) is 0 Å². The standard InChI is InChI=1S/C14H22N4O4S/c1-4-5-6-7-18-10-11(17(2)13(21)16-12(10)20)15-14(18)23-8-9(19)22-3/h10-11H,4-8H2,1-3H3,(H,16,20,21). The van der Waals surface area contributed by atoms with Crippen molar-refractivity contribution in [2.24, 2.45) is 4.99 Å². The first-order valence-electron chi connectivity index (χ1n) is 7.61. The third-order valence-electron chi connectivity index (χ3n) is 3.87. The number of amidine groups is 1. The van der Waals surface area contributed by atoms with Gasteiger partial charge in [-0.25, -0.2) is 9.79 Å². The molecule has 3 amide bonds. The zero-order chi connectivity index (χ0) is 17.0. The Morgan fingerprint density at radius 2 is 2.13 bits per heavy atom.